The number of para-hydroxylation sites is 2. The minimum Gasteiger partial charge on any atom is -0.251 e. The predicted octanol–water partition coefficient (Wildman–Crippen LogP) is 21.2. The molecule has 2 nitrogen and oxygen atoms in total. The number of aliphatic imine (C=N–C) groups is 2. The summed E-state index contributed by atoms with van der Waals surface area (Å²) in [5, 5.41) is 0. The van der Waals surface area contributed by atoms with Crippen molar-refractivity contribution in [2.45, 2.75) is 278 Å². The average Bonchev–Trinajstić information content (AvgIpc) is 3.30. The molecule has 366 valence electrons. The summed E-state index contributed by atoms with van der Waals surface area (Å²) in [6.45, 7) is 9.23. The molecule has 64 heavy (non-hydrogen) atoms. The molecule has 0 N–H and O–H groups in total. The third kappa shape index (κ3) is 33.3. The maximum Gasteiger partial charge on any atom is 0.0665 e. The maximum absolute atomic E-state index is 5.66. The fourth-order valence-corrected chi connectivity index (χ4v) is 8.89. The summed E-state index contributed by atoms with van der Waals surface area (Å²) < 4.78 is 0. The fourth-order valence-electron chi connectivity index (χ4n) is 8.89. The Bertz CT molecular complexity index is 1440. The van der Waals surface area contributed by atoms with Crippen LogP contribution in [0.3, 0.4) is 0 Å². The van der Waals surface area contributed by atoms with Gasteiger partial charge >= 0.3 is 0 Å². The minimum absolute atomic E-state index is 0. The Hall–Kier alpha value is -2.25. The van der Waals surface area contributed by atoms with Crippen LogP contribution in [0.5, 0.6) is 0 Å². The first-order chi connectivity index (χ1) is 31.2. The van der Waals surface area contributed by atoms with Crippen LogP contribution >= 0.6 is 0 Å². The van der Waals surface area contributed by atoms with Gasteiger partial charge in [0.05, 0.1) is 22.8 Å². The Morgan fingerprint density at radius 2 is 0.594 bits per heavy atom. The minimum atomic E-state index is 0. The molecular weight excluding hydrogens is 819 g/mol. The van der Waals surface area contributed by atoms with Crippen molar-refractivity contribution in [2.24, 2.45) is 9.98 Å². The van der Waals surface area contributed by atoms with Crippen molar-refractivity contribution in [1.29, 1.82) is 0 Å². The summed E-state index contributed by atoms with van der Waals surface area (Å²) >= 11 is 0. The van der Waals surface area contributed by atoms with Crippen molar-refractivity contribution in [1.82, 2.24) is 0 Å². The molecule has 0 atom stereocenters. The van der Waals surface area contributed by atoms with E-state index in [1.54, 1.807) is 0 Å². The second-order valence-electron chi connectivity index (χ2n) is 19.0. The van der Waals surface area contributed by atoms with Gasteiger partial charge in [-0.3, -0.25) is 9.98 Å². The Kier molecular flexibility index (Phi) is 42.9. The first kappa shape index (κ1) is 59.8. The number of nitrogens with zero attached hydrogens (tertiary/aromatic N) is 2. The third-order valence-electron chi connectivity index (χ3n) is 13.0. The molecular formula is C61H102N2Ni. The molecule has 0 aliphatic heterocycles. The van der Waals surface area contributed by atoms with Crippen molar-refractivity contribution in [2.75, 3.05) is 0 Å². The number of rotatable bonds is 44. The summed E-state index contributed by atoms with van der Waals surface area (Å²) in [4.78, 5) is 11.3. The van der Waals surface area contributed by atoms with Gasteiger partial charge in [-0.05, 0) is 113 Å². The molecule has 0 spiro atoms. The normalized spacial score (nSPS) is 12.2. The van der Waals surface area contributed by atoms with Crippen LogP contribution in [0.2, 0.25) is 0 Å². The Labute approximate surface area is 409 Å². The molecule has 2 aromatic carbocycles. The van der Waals surface area contributed by atoms with Crippen molar-refractivity contribution in [3.63, 3.8) is 0 Å². The van der Waals surface area contributed by atoms with Crippen LogP contribution in [0.15, 0.2) is 82.8 Å². The topological polar surface area (TPSA) is 24.7 Å². The van der Waals surface area contributed by atoms with E-state index < -0.39 is 0 Å². The summed E-state index contributed by atoms with van der Waals surface area (Å²) in [6.07, 6.45) is 60.3. The van der Waals surface area contributed by atoms with Crippen LogP contribution in [0.4, 0.5) is 11.4 Å². The number of allylic oxidation sites excluding steroid dienone is 4. The van der Waals surface area contributed by atoms with E-state index in [0.29, 0.717) is 0 Å². The van der Waals surface area contributed by atoms with Crippen LogP contribution in [-0.2, 0) is 29.3 Å². The van der Waals surface area contributed by atoms with E-state index >= 15 is 0 Å². The summed E-state index contributed by atoms with van der Waals surface area (Å²) in [5.41, 5.74) is 7.61. The van der Waals surface area contributed by atoms with E-state index in [4.69, 9.17) is 9.98 Å². The van der Waals surface area contributed by atoms with Crippen LogP contribution in [0.25, 0.3) is 0 Å². The molecule has 0 aliphatic carbocycles. The Balaban J connectivity index is 0.0000205. The first-order valence-electron chi connectivity index (χ1n) is 27.8. The fraction of sp³-hybridized carbons (Fsp3) is 0.705. The predicted molar refractivity (Wildman–Crippen MR) is 286 cm³/mol. The Morgan fingerprint density at radius 1 is 0.328 bits per heavy atom. The molecule has 0 amide bonds. The summed E-state index contributed by atoms with van der Waals surface area (Å²) in [5.74, 6) is 0. The average molecular weight is 922 g/mol. The van der Waals surface area contributed by atoms with E-state index in [-0.39, 0.29) is 16.5 Å². The van der Waals surface area contributed by atoms with Crippen molar-refractivity contribution in [3.05, 3.63) is 84.0 Å². The zero-order chi connectivity index (χ0) is 44.9. The zero-order valence-electron chi connectivity index (χ0n) is 42.7. The number of unbranched alkanes of at least 4 members (excludes halogenated alkanes) is 29. The molecule has 0 fully saturated rings. The quantitative estimate of drug-likeness (QED) is 0.0274. The number of benzene rings is 2. The van der Waals surface area contributed by atoms with Gasteiger partial charge in [-0.15, -0.1) is 0 Å². The van der Waals surface area contributed by atoms with E-state index in [9.17, 15) is 0 Å². The molecule has 0 aliphatic rings. The maximum atomic E-state index is 5.66. The van der Waals surface area contributed by atoms with E-state index in [1.807, 2.05) is 0 Å². The molecule has 0 saturated heterocycles. The van der Waals surface area contributed by atoms with Crippen molar-refractivity contribution >= 4 is 22.8 Å². The van der Waals surface area contributed by atoms with E-state index in [1.165, 1.54) is 246 Å². The van der Waals surface area contributed by atoms with Crippen LogP contribution in [-0.4, -0.2) is 11.4 Å². The number of aryl methyl sites for hydroxylation is 2. The zero-order valence-corrected chi connectivity index (χ0v) is 43.7. The van der Waals surface area contributed by atoms with Gasteiger partial charge in [0.2, 0.25) is 0 Å². The largest absolute Gasteiger partial charge is 0.251 e. The van der Waals surface area contributed by atoms with Crippen LogP contribution in [0.1, 0.15) is 276 Å². The van der Waals surface area contributed by atoms with Gasteiger partial charge in [0.15, 0.2) is 0 Å². The van der Waals surface area contributed by atoms with E-state index in [2.05, 4.69) is 101 Å². The molecule has 0 saturated carbocycles. The second kappa shape index (κ2) is 45.9. The molecule has 2 rings (SSSR count). The van der Waals surface area contributed by atoms with Gasteiger partial charge in [-0.1, -0.05) is 249 Å². The van der Waals surface area contributed by atoms with Crippen molar-refractivity contribution in [3.8, 4) is 0 Å². The standard InChI is InChI=1S/C61H102N2.Ni/c1-5-9-13-17-21-24-27-28-29-32-35-39-43-55-61(63-59-53-47-45-51-57(59)49-41-37-34-31-26-23-19-15-11-7-3)60(54-42-38-20-16-12-8-4)62-58-52-46-44-50-56(58)48-40-36-33-30-25-22-18-14-10-6-2;/h30-31,33-34,44-47,50-53H,5-29,32,35-43,48-49,54-55H2,1-4H3;. The SMILES string of the molecule is CCCCCCCC=CCCCc1ccccc1N=C(CCCCCCCC)C(CCCCCCCCCCCCCCC)=Nc1ccccc1CCCC=CCCCCCCC.[Ni]. The molecule has 0 aromatic heterocycles. The first-order valence-corrected chi connectivity index (χ1v) is 27.8. The third-order valence-corrected chi connectivity index (χ3v) is 13.0. The number of hydrogen-bond donors (Lipinski definition) is 0. The molecule has 2 aromatic rings. The molecule has 0 heterocycles. The molecule has 0 radical (unpaired) electrons. The van der Waals surface area contributed by atoms with Gasteiger partial charge in [-0.2, -0.15) is 0 Å². The van der Waals surface area contributed by atoms with Crippen molar-refractivity contribution < 1.29 is 16.5 Å². The van der Waals surface area contributed by atoms with Crippen LogP contribution in [0, 0.1) is 0 Å². The van der Waals surface area contributed by atoms with Gasteiger partial charge < -0.3 is 0 Å². The molecule has 3 heteroatoms. The monoisotopic (exact) mass is 921 g/mol. The summed E-state index contributed by atoms with van der Waals surface area (Å²) in [6, 6.07) is 18.1. The summed E-state index contributed by atoms with van der Waals surface area (Å²) in [7, 11) is 0. The van der Waals surface area contributed by atoms with Gasteiger partial charge in [0.25, 0.3) is 0 Å². The number of hydrogen-bond acceptors (Lipinski definition) is 2. The van der Waals surface area contributed by atoms with Gasteiger partial charge in [0.1, 0.15) is 0 Å². The molecule has 0 bridgehead atoms. The van der Waals surface area contributed by atoms with Gasteiger partial charge in [0, 0.05) is 16.5 Å². The van der Waals surface area contributed by atoms with Gasteiger partial charge in [-0.25, -0.2) is 0 Å². The second-order valence-corrected chi connectivity index (χ2v) is 19.0. The van der Waals surface area contributed by atoms with Crippen LogP contribution < -0.4 is 0 Å². The molecule has 0 unspecified atom stereocenters. The van der Waals surface area contributed by atoms with E-state index in [0.717, 1.165) is 38.5 Å². The smallest absolute Gasteiger partial charge is 0.0665 e. The Morgan fingerprint density at radius 3 is 0.922 bits per heavy atom.